The second-order valence-electron chi connectivity index (χ2n) is 25.3. The Morgan fingerprint density at radius 2 is 0.582 bits per heavy atom. The van der Waals surface area contributed by atoms with E-state index in [0.29, 0.717) is 19.4 Å². The van der Waals surface area contributed by atoms with Crippen LogP contribution in [0.2, 0.25) is 0 Å². The lowest BCUT2D eigenvalue weighted by molar-refractivity contribution is -0.143. The number of nitrogens with one attached hydrogen (secondary N) is 1. The molecule has 0 aromatic heterocycles. The van der Waals surface area contributed by atoms with Gasteiger partial charge in [-0.3, -0.25) is 9.59 Å². The number of carbonyl (C=O) groups is 2. The van der Waals surface area contributed by atoms with E-state index in [0.717, 1.165) is 38.5 Å². The molecule has 0 saturated heterocycles. The zero-order valence-electron chi connectivity index (χ0n) is 53.9. The van der Waals surface area contributed by atoms with Crippen LogP contribution in [0, 0.1) is 0 Å². The van der Waals surface area contributed by atoms with Crippen LogP contribution in [0.25, 0.3) is 0 Å². The summed E-state index contributed by atoms with van der Waals surface area (Å²) in [5.41, 5.74) is 0. The van der Waals surface area contributed by atoms with Crippen LogP contribution in [0.15, 0.2) is 12.2 Å². The predicted octanol–water partition coefficient (Wildman–Crippen LogP) is 23.5. The van der Waals surface area contributed by atoms with Crippen molar-refractivity contribution in [1.29, 1.82) is 0 Å². The van der Waals surface area contributed by atoms with Crippen LogP contribution in [-0.4, -0.2) is 47.4 Å². The largest absolute Gasteiger partial charge is 0.466 e. The molecule has 0 fully saturated rings. The minimum absolute atomic E-state index is 0.0204. The molecule has 6 nitrogen and oxygen atoms in total. The SMILES string of the molecule is CCCCCCCCCCCCCCCCCCCCC/C=C/C(O)C(CO)NC(=O)CCCCCCCCCCCCCCCCCCCCCCCCCCCCCCCCOC(=O)CCCCCCCCCCCCC. The van der Waals surface area contributed by atoms with E-state index >= 15 is 0 Å². The van der Waals surface area contributed by atoms with Crippen molar-refractivity contribution in [3.63, 3.8) is 0 Å². The molecule has 3 N–H and O–H groups in total. The molecule has 0 aromatic carbocycles. The lowest BCUT2D eigenvalue weighted by Crippen LogP contribution is -2.45. The van der Waals surface area contributed by atoms with E-state index in [1.165, 1.54) is 353 Å². The van der Waals surface area contributed by atoms with Gasteiger partial charge in [-0.05, 0) is 32.1 Å². The van der Waals surface area contributed by atoms with Crippen LogP contribution in [-0.2, 0) is 14.3 Å². The van der Waals surface area contributed by atoms with Gasteiger partial charge in [0, 0.05) is 12.8 Å². The number of aliphatic hydroxyl groups is 2. The molecule has 0 spiro atoms. The third-order valence-electron chi connectivity index (χ3n) is 17.3. The first kappa shape index (κ1) is 77.6. The number of rotatable bonds is 69. The fourth-order valence-electron chi connectivity index (χ4n) is 11.8. The molecule has 0 aliphatic rings. The zero-order chi connectivity index (χ0) is 57.1. The highest BCUT2D eigenvalue weighted by molar-refractivity contribution is 5.76. The van der Waals surface area contributed by atoms with Crippen LogP contribution < -0.4 is 5.32 Å². The standard InChI is InChI=1S/C73H143NO5/c1-3-5-7-9-11-13-15-16-17-18-19-30-33-36-39-42-46-49-53-57-61-65-71(76)70(69-75)74-72(77)66-62-58-54-50-47-43-40-37-34-31-28-26-24-22-20-21-23-25-27-29-32-35-38-41-44-48-52-56-60-64-68-79-73(78)67-63-59-55-51-45-14-12-10-8-6-4-2/h61,65,70-71,75-76H,3-60,62-64,66-69H2,1-2H3,(H,74,77)/b65-61+. The van der Waals surface area contributed by atoms with E-state index in [1.807, 2.05) is 6.08 Å². The number of amides is 1. The van der Waals surface area contributed by atoms with Crippen LogP contribution >= 0.6 is 0 Å². The third-order valence-corrected chi connectivity index (χ3v) is 17.3. The van der Waals surface area contributed by atoms with Crippen molar-refractivity contribution in [3.8, 4) is 0 Å². The summed E-state index contributed by atoms with van der Waals surface area (Å²) in [4.78, 5) is 24.5. The zero-order valence-corrected chi connectivity index (χ0v) is 53.9. The fourth-order valence-corrected chi connectivity index (χ4v) is 11.8. The molecule has 0 radical (unpaired) electrons. The molecule has 79 heavy (non-hydrogen) atoms. The topological polar surface area (TPSA) is 95.9 Å². The van der Waals surface area contributed by atoms with Gasteiger partial charge in [-0.1, -0.05) is 386 Å². The molecule has 2 atom stereocenters. The number of esters is 1. The van der Waals surface area contributed by atoms with Gasteiger partial charge in [0.2, 0.25) is 5.91 Å². The summed E-state index contributed by atoms with van der Waals surface area (Å²) in [5, 5.41) is 23.3. The smallest absolute Gasteiger partial charge is 0.305 e. The Labute approximate surface area is 495 Å². The van der Waals surface area contributed by atoms with E-state index in [4.69, 9.17) is 4.74 Å². The highest BCUT2D eigenvalue weighted by Crippen LogP contribution is 2.19. The Balaban J connectivity index is 3.36. The average Bonchev–Trinajstić information content (AvgIpc) is 3.45. The van der Waals surface area contributed by atoms with Gasteiger partial charge in [0.15, 0.2) is 0 Å². The molecular weight excluding hydrogens is 971 g/mol. The van der Waals surface area contributed by atoms with Crippen LogP contribution in [0.1, 0.15) is 418 Å². The summed E-state index contributed by atoms with van der Waals surface area (Å²) in [6, 6.07) is -0.625. The van der Waals surface area contributed by atoms with Gasteiger partial charge in [-0.25, -0.2) is 0 Å². The van der Waals surface area contributed by atoms with Gasteiger partial charge >= 0.3 is 5.97 Å². The molecule has 0 bridgehead atoms. The number of aliphatic hydroxyl groups excluding tert-OH is 2. The van der Waals surface area contributed by atoms with Crippen LogP contribution in [0.4, 0.5) is 0 Å². The first-order valence-electron chi connectivity index (χ1n) is 36.5. The van der Waals surface area contributed by atoms with E-state index in [-0.39, 0.29) is 18.5 Å². The molecular formula is C73H143NO5. The molecule has 0 heterocycles. The monoisotopic (exact) mass is 1110 g/mol. The first-order valence-corrected chi connectivity index (χ1v) is 36.5. The molecule has 1 amide bonds. The summed E-state index contributed by atoms with van der Waals surface area (Å²) in [6.45, 7) is 4.95. The van der Waals surface area contributed by atoms with Crippen molar-refractivity contribution in [3.05, 3.63) is 12.2 Å². The predicted molar refractivity (Wildman–Crippen MR) is 347 cm³/mol. The Morgan fingerprint density at radius 3 is 0.861 bits per heavy atom. The number of carbonyl (C=O) groups excluding carboxylic acids is 2. The second-order valence-corrected chi connectivity index (χ2v) is 25.3. The maximum Gasteiger partial charge on any atom is 0.305 e. The summed E-state index contributed by atoms with van der Waals surface area (Å²) >= 11 is 0. The van der Waals surface area contributed by atoms with Gasteiger partial charge in [0.05, 0.1) is 25.4 Å². The van der Waals surface area contributed by atoms with Gasteiger partial charge in [0.25, 0.3) is 0 Å². The van der Waals surface area contributed by atoms with E-state index in [1.54, 1.807) is 6.08 Å². The van der Waals surface area contributed by atoms with Crippen molar-refractivity contribution in [1.82, 2.24) is 5.32 Å². The molecule has 0 saturated carbocycles. The number of unbranched alkanes of at least 4 members (excludes halogenated alkanes) is 58. The summed E-state index contributed by atoms with van der Waals surface area (Å²) in [7, 11) is 0. The Hall–Kier alpha value is -1.40. The number of allylic oxidation sites excluding steroid dienone is 1. The first-order chi connectivity index (χ1) is 39.0. The number of ether oxygens (including phenoxy) is 1. The van der Waals surface area contributed by atoms with E-state index in [9.17, 15) is 19.8 Å². The van der Waals surface area contributed by atoms with E-state index in [2.05, 4.69) is 19.2 Å². The normalized spacial score (nSPS) is 12.5. The van der Waals surface area contributed by atoms with Crippen molar-refractivity contribution < 1.29 is 24.5 Å². The van der Waals surface area contributed by atoms with Gasteiger partial charge in [0.1, 0.15) is 0 Å². The minimum Gasteiger partial charge on any atom is -0.466 e. The third kappa shape index (κ3) is 65.6. The molecule has 0 rings (SSSR count). The maximum atomic E-state index is 12.5. The minimum atomic E-state index is -0.842. The van der Waals surface area contributed by atoms with Gasteiger partial charge in [-0.2, -0.15) is 0 Å². The quantitative estimate of drug-likeness (QED) is 0.0320. The van der Waals surface area contributed by atoms with Crippen molar-refractivity contribution in [2.24, 2.45) is 0 Å². The highest BCUT2D eigenvalue weighted by Gasteiger charge is 2.18. The Kier molecular flexibility index (Phi) is 67.9. The lowest BCUT2D eigenvalue weighted by Gasteiger charge is -2.20. The number of hydrogen-bond acceptors (Lipinski definition) is 5. The molecule has 470 valence electrons. The highest BCUT2D eigenvalue weighted by atomic mass is 16.5. The fraction of sp³-hybridized carbons (Fsp3) is 0.945. The van der Waals surface area contributed by atoms with Gasteiger partial charge < -0.3 is 20.3 Å². The van der Waals surface area contributed by atoms with Crippen molar-refractivity contribution in [2.75, 3.05) is 13.2 Å². The van der Waals surface area contributed by atoms with Crippen molar-refractivity contribution in [2.45, 2.75) is 431 Å². The number of hydrogen-bond donors (Lipinski definition) is 3. The molecule has 2 unspecified atom stereocenters. The molecule has 6 heteroatoms. The molecule has 0 aliphatic carbocycles. The summed E-state index contributed by atoms with van der Waals surface area (Å²) in [6.07, 6.45) is 85.9. The Bertz CT molecular complexity index is 1190. The Morgan fingerprint density at radius 1 is 0.342 bits per heavy atom. The maximum absolute atomic E-state index is 12.5. The second kappa shape index (κ2) is 69.1. The van der Waals surface area contributed by atoms with Gasteiger partial charge in [-0.15, -0.1) is 0 Å². The average molecular weight is 1110 g/mol. The van der Waals surface area contributed by atoms with E-state index < -0.39 is 12.1 Å². The van der Waals surface area contributed by atoms with Crippen molar-refractivity contribution >= 4 is 11.9 Å². The lowest BCUT2D eigenvalue weighted by atomic mass is 10.0. The van der Waals surface area contributed by atoms with Crippen LogP contribution in [0.5, 0.6) is 0 Å². The van der Waals surface area contributed by atoms with Crippen LogP contribution in [0.3, 0.4) is 0 Å². The molecule has 0 aromatic rings. The summed E-state index contributed by atoms with van der Waals surface area (Å²) < 4.78 is 5.48. The summed E-state index contributed by atoms with van der Waals surface area (Å²) in [5.74, 6) is -0.0389. The molecule has 0 aliphatic heterocycles.